The standard InChI is InChI=1S/C21H32FN3O2.HI/c1-23-20(25(2)10-13-27-15-17-6-7-17)24-16-21(8-11-26-12-9-21)18-4-3-5-19(22)14-18;/h3-5,14,17H,6-13,15-16H2,1-2H3,(H,23,24);1H. The van der Waals surface area contributed by atoms with Gasteiger partial charge in [0.25, 0.3) is 0 Å². The number of ether oxygens (including phenoxy) is 2. The minimum atomic E-state index is -0.187. The Balaban J connectivity index is 0.00000280. The molecule has 0 bridgehead atoms. The van der Waals surface area contributed by atoms with Crippen molar-refractivity contribution in [2.24, 2.45) is 10.9 Å². The van der Waals surface area contributed by atoms with Crippen LogP contribution in [-0.2, 0) is 14.9 Å². The first-order valence-corrected chi connectivity index (χ1v) is 9.96. The molecular formula is C21H33FIN3O2. The zero-order chi connectivity index (χ0) is 19.1. The highest BCUT2D eigenvalue weighted by molar-refractivity contribution is 14.0. The number of nitrogens with one attached hydrogen (secondary N) is 1. The molecule has 1 saturated heterocycles. The van der Waals surface area contributed by atoms with Gasteiger partial charge in [0.15, 0.2) is 5.96 Å². The second-order valence-corrected chi connectivity index (χ2v) is 7.74. The third-order valence-electron chi connectivity index (χ3n) is 5.67. The van der Waals surface area contributed by atoms with E-state index in [0.29, 0.717) is 26.4 Å². The largest absolute Gasteiger partial charge is 0.381 e. The van der Waals surface area contributed by atoms with Crippen molar-refractivity contribution in [3.8, 4) is 0 Å². The molecule has 0 spiro atoms. The summed E-state index contributed by atoms with van der Waals surface area (Å²) in [5.41, 5.74) is 0.892. The van der Waals surface area contributed by atoms with Crippen molar-refractivity contribution in [2.75, 3.05) is 53.6 Å². The van der Waals surface area contributed by atoms with E-state index in [1.807, 2.05) is 13.1 Å². The number of likely N-dealkylation sites (N-methyl/N-ethyl adjacent to an activating group) is 1. The van der Waals surface area contributed by atoms with Gasteiger partial charge in [-0.1, -0.05) is 12.1 Å². The molecule has 5 nitrogen and oxygen atoms in total. The summed E-state index contributed by atoms with van der Waals surface area (Å²) in [6, 6.07) is 6.97. The predicted molar refractivity (Wildman–Crippen MR) is 121 cm³/mol. The molecule has 1 aromatic rings. The smallest absolute Gasteiger partial charge is 0.193 e. The molecule has 1 saturated carbocycles. The van der Waals surface area contributed by atoms with E-state index in [9.17, 15) is 4.39 Å². The van der Waals surface area contributed by atoms with Crippen molar-refractivity contribution in [1.82, 2.24) is 10.2 Å². The molecule has 7 heteroatoms. The number of benzene rings is 1. The third kappa shape index (κ3) is 6.56. The SMILES string of the molecule is CN=C(NCC1(c2cccc(F)c2)CCOCC1)N(C)CCOCC1CC1.I. The fraction of sp³-hybridized carbons (Fsp3) is 0.667. The second kappa shape index (κ2) is 11.3. The minimum Gasteiger partial charge on any atom is -0.381 e. The first kappa shape index (κ1) is 23.3. The summed E-state index contributed by atoms with van der Waals surface area (Å²) in [6.07, 6.45) is 4.36. The van der Waals surface area contributed by atoms with Gasteiger partial charge in [-0.05, 0) is 49.3 Å². The lowest BCUT2D eigenvalue weighted by molar-refractivity contribution is 0.0510. The quantitative estimate of drug-likeness (QED) is 0.255. The van der Waals surface area contributed by atoms with E-state index in [-0.39, 0.29) is 35.2 Å². The van der Waals surface area contributed by atoms with Crippen LogP contribution in [0.3, 0.4) is 0 Å². The summed E-state index contributed by atoms with van der Waals surface area (Å²) in [7, 11) is 3.82. The maximum absolute atomic E-state index is 13.8. The number of rotatable bonds is 8. The average Bonchev–Trinajstić information content (AvgIpc) is 3.51. The molecule has 1 heterocycles. The number of halogens is 2. The number of hydrogen-bond acceptors (Lipinski definition) is 3. The van der Waals surface area contributed by atoms with E-state index >= 15 is 0 Å². The molecule has 0 atom stereocenters. The number of guanidine groups is 1. The van der Waals surface area contributed by atoms with Crippen LogP contribution in [0.4, 0.5) is 4.39 Å². The molecule has 158 valence electrons. The lowest BCUT2D eigenvalue weighted by Crippen LogP contribution is -2.49. The van der Waals surface area contributed by atoms with Gasteiger partial charge in [0.05, 0.1) is 6.61 Å². The van der Waals surface area contributed by atoms with E-state index in [4.69, 9.17) is 9.47 Å². The Morgan fingerprint density at radius 2 is 2.11 bits per heavy atom. The third-order valence-corrected chi connectivity index (χ3v) is 5.67. The molecule has 2 aliphatic rings. The summed E-state index contributed by atoms with van der Waals surface area (Å²) in [4.78, 5) is 6.50. The lowest BCUT2D eigenvalue weighted by atomic mass is 9.74. The molecule has 3 rings (SSSR count). The Kier molecular flexibility index (Phi) is 9.43. The maximum atomic E-state index is 13.8. The molecule has 1 aliphatic heterocycles. The van der Waals surface area contributed by atoms with Crippen LogP contribution >= 0.6 is 24.0 Å². The van der Waals surface area contributed by atoms with Gasteiger partial charge < -0.3 is 19.7 Å². The van der Waals surface area contributed by atoms with Gasteiger partial charge >= 0.3 is 0 Å². The summed E-state index contributed by atoms with van der Waals surface area (Å²) < 4.78 is 25.1. The van der Waals surface area contributed by atoms with Gasteiger partial charge in [-0.2, -0.15) is 0 Å². The molecular weight excluding hydrogens is 472 g/mol. The van der Waals surface area contributed by atoms with Gasteiger partial charge in [-0.15, -0.1) is 24.0 Å². The van der Waals surface area contributed by atoms with Crippen LogP contribution in [0, 0.1) is 11.7 Å². The fourth-order valence-electron chi connectivity index (χ4n) is 3.62. The zero-order valence-corrected chi connectivity index (χ0v) is 19.3. The van der Waals surface area contributed by atoms with E-state index in [1.54, 1.807) is 19.2 Å². The first-order chi connectivity index (χ1) is 13.1. The van der Waals surface area contributed by atoms with Crippen molar-refractivity contribution in [1.29, 1.82) is 0 Å². The average molecular weight is 505 g/mol. The molecule has 1 N–H and O–H groups in total. The zero-order valence-electron chi connectivity index (χ0n) is 17.0. The van der Waals surface area contributed by atoms with Crippen LogP contribution in [0.25, 0.3) is 0 Å². The topological polar surface area (TPSA) is 46.1 Å². The normalized spacial score (nSPS) is 19.0. The van der Waals surface area contributed by atoms with E-state index in [2.05, 4.69) is 15.2 Å². The Morgan fingerprint density at radius 3 is 2.75 bits per heavy atom. The molecule has 0 unspecified atom stereocenters. The van der Waals surface area contributed by atoms with Crippen molar-refractivity contribution < 1.29 is 13.9 Å². The fourth-order valence-corrected chi connectivity index (χ4v) is 3.62. The van der Waals surface area contributed by atoms with E-state index in [1.165, 1.54) is 18.9 Å². The highest BCUT2D eigenvalue weighted by Gasteiger charge is 2.35. The Hall–Kier alpha value is -0.930. The summed E-state index contributed by atoms with van der Waals surface area (Å²) in [5.74, 6) is 1.44. The van der Waals surface area contributed by atoms with Gasteiger partial charge in [-0.3, -0.25) is 4.99 Å². The van der Waals surface area contributed by atoms with Crippen LogP contribution in [0.1, 0.15) is 31.2 Å². The molecule has 0 aromatic heterocycles. The highest BCUT2D eigenvalue weighted by Crippen LogP contribution is 2.34. The number of nitrogens with zero attached hydrogens (tertiary/aromatic N) is 2. The second-order valence-electron chi connectivity index (χ2n) is 7.74. The van der Waals surface area contributed by atoms with Crippen LogP contribution < -0.4 is 5.32 Å². The molecule has 0 radical (unpaired) electrons. The van der Waals surface area contributed by atoms with E-state index < -0.39 is 0 Å². The van der Waals surface area contributed by atoms with Gasteiger partial charge in [0, 0.05) is 52.4 Å². The Bertz CT molecular complexity index is 634. The van der Waals surface area contributed by atoms with Crippen molar-refractivity contribution >= 4 is 29.9 Å². The van der Waals surface area contributed by atoms with Gasteiger partial charge in [0.2, 0.25) is 0 Å². The van der Waals surface area contributed by atoms with Crippen molar-refractivity contribution in [3.63, 3.8) is 0 Å². The van der Waals surface area contributed by atoms with E-state index in [0.717, 1.165) is 43.4 Å². The van der Waals surface area contributed by atoms with Crippen molar-refractivity contribution in [2.45, 2.75) is 31.1 Å². The highest BCUT2D eigenvalue weighted by atomic mass is 127. The number of aliphatic imine (C=N–C) groups is 1. The summed E-state index contributed by atoms with van der Waals surface area (Å²) in [5, 5.41) is 3.50. The molecule has 1 aromatic carbocycles. The first-order valence-electron chi connectivity index (χ1n) is 9.96. The summed E-state index contributed by atoms with van der Waals surface area (Å²) >= 11 is 0. The maximum Gasteiger partial charge on any atom is 0.193 e. The Morgan fingerprint density at radius 1 is 1.36 bits per heavy atom. The monoisotopic (exact) mass is 505 g/mol. The molecule has 28 heavy (non-hydrogen) atoms. The van der Waals surface area contributed by atoms with Crippen LogP contribution in [0.15, 0.2) is 29.3 Å². The minimum absolute atomic E-state index is 0. The number of hydrogen-bond donors (Lipinski definition) is 1. The van der Waals surface area contributed by atoms with Crippen LogP contribution in [0.2, 0.25) is 0 Å². The van der Waals surface area contributed by atoms with Crippen LogP contribution in [-0.4, -0.2) is 64.5 Å². The van der Waals surface area contributed by atoms with Gasteiger partial charge in [0.1, 0.15) is 5.82 Å². The molecule has 2 fully saturated rings. The molecule has 0 amide bonds. The van der Waals surface area contributed by atoms with Gasteiger partial charge in [-0.25, -0.2) is 4.39 Å². The predicted octanol–water partition coefficient (Wildman–Crippen LogP) is 3.43. The lowest BCUT2D eigenvalue weighted by Gasteiger charge is -2.39. The summed E-state index contributed by atoms with van der Waals surface area (Å²) in [6.45, 7) is 4.48. The van der Waals surface area contributed by atoms with Crippen molar-refractivity contribution in [3.05, 3.63) is 35.6 Å². The molecule has 1 aliphatic carbocycles. The van der Waals surface area contributed by atoms with Crippen LogP contribution in [0.5, 0.6) is 0 Å². The Labute approximate surface area is 185 Å².